The lowest BCUT2D eigenvalue weighted by molar-refractivity contribution is -0.137. The number of hydrogen-bond donors (Lipinski definition) is 0. The fourth-order valence-corrected chi connectivity index (χ4v) is 2.07. The first-order valence-electron chi connectivity index (χ1n) is 5.71. The molecule has 0 N–H and O–H groups in total. The molecule has 6 heteroatoms. The summed E-state index contributed by atoms with van der Waals surface area (Å²) in [6, 6.07) is 4.90. The number of benzene rings is 1. The number of nitrogens with zero attached hydrogens (tertiary/aromatic N) is 2. The quantitative estimate of drug-likeness (QED) is 0.801. The molecule has 100 valence electrons. The van der Waals surface area contributed by atoms with Crippen molar-refractivity contribution in [2.24, 2.45) is 4.99 Å². The monoisotopic (exact) mass is 276 g/mol. The Morgan fingerprint density at radius 3 is 2.55 bits per heavy atom. The molecule has 1 aliphatic rings. The lowest BCUT2D eigenvalue weighted by Gasteiger charge is -2.10. The van der Waals surface area contributed by atoms with Gasteiger partial charge < -0.3 is 0 Å². The number of carbonyl (C=O) groups is 1. The zero-order chi connectivity index (χ0) is 14.3. The number of amides is 1. The van der Waals surface area contributed by atoms with Crippen LogP contribution in [0.25, 0.3) is 11.1 Å². The van der Waals surface area contributed by atoms with Crippen molar-refractivity contribution in [3.63, 3.8) is 0 Å². The van der Waals surface area contributed by atoms with E-state index in [1.54, 1.807) is 6.07 Å². The van der Waals surface area contributed by atoms with Gasteiger partial charge in [-0.05, 0) is 17.7 Å². The van der Waals surface area contributed by atoms with E-state index in [-0.39, 0.29) is 0 Å². The van der Waals surface area contributed by atoms with Gasteiger partial charge >= 0.3 is 6.18 Å². The summed E-state index contributed by atoms with van der Waals surface area (Å²) >= 11 is 0. The highest BCUT2D eigenvalue weighted by atomic mass is 19.4. The average molecular weight is 276 g/mol. The maximum atomic E-state index is 12.7. The van der Waals surface area contributed by atoms with E-state index in [9.17, 15) is 18.0 Å². The van der Waals surface area contributed by atoms with Crippen LogP contribution in [0.3, 0.4) is 0 Å². The first kappa shape index (κ1) is 12.5. The van der Waals surface area contributed by atoms with Crippen LogP contribution in [0.15, 0.2) is 41.7 Å². The predicted octanol–water partition coefficient (Wildman–Crippen LogP) is 3.34. The molecule has 0 unspecified atom stereocenters. The number of aromatic nitrogens is 1. The summed E-state index contributed by atoms with van der Waals surface area (Å²) in [4.78, 5) is 19.0. The van der Waals surface area contributed by atoms with Gasteiger partial charge in [-0.3, -0.25) is 9.78 Å². The third-order valence-corrected chi connectivity index (χ3v) is 3.03. The Balaban J connectivity index is 2.16. The Morgan fingerprint density at radius 1 is 1.05 bits per heavy atom. The van der Waals surface area contributed by atoms with Crippen LogP contribution in [0, 0.1) is 0 Å². The molecule has 2 aromatic rings. The van der Waals surface area contributed by atoms with Gasteiger partial charge in [0.1, 0.15) is 0 Å². The van der Waals surface area contributed by atoms with Crippen molar-refractivity contribution in [2.45, 2.75) is 6.18 Å². The second-order valence-electron chi connectivity index (χ2n) is 4.29. The lowest BCUT2D eigenvalue weighted by Crippen LogP contribution is -2.05. The normalized spacial score (nSPS) is 13.7. The molecular weight excluding hydrogens is 269 g/mol. The second-order valence-corrected chi connectivity index (χ2v) is 4.29. The Morgan fingerprint density at radius 2 is 1.80 bits per heavy atom. The van der Waals surface area contributed by atoms with Crippen LogP contribution in [0.4, 0.5) is 13.2 Å². The number of alkyl halides is 3. The summed E-state index contributed by atoms with van der Waals surface area (Å²) in [5.41, 5.74) is 0.881. The van der Waals surface area contributed by atoms with E-state index in [4.69, 9.17) is 0 Å². The Hall–Kier alpha value is -2.50. The third kappa shape index (κ3) is 1.99. The van der Waals surface area contributed by atoms with Crippen LogP contribution in [0.2, 0.25) is 0 Å². The molecule has 0 bridgehead atoms. The number of fused-ring (bicyclic) bond motifs is 1. The molecule has 0 saturated carbocycles. The number of hydrogen-bond acceptors (Lipinski definition) is 2. The van der Waals surface area contributed by atoms with Crippen LogP contribution in [-0.4, -0.2) is 17.1 Å². The van der Waals surface area contributed by atoms with Crippen LogP contribution < -0.4 is 0 Å². The number of halogens is 3. The van der Waals surface area contributed by atoms with E-state index in [0.29, 0.717) is 22.3 Å². The highest BCUT2D eigenvalue weighted by molar-refractivity contribution is 6.15. The van der Waals surface area contributed by atoms with E-state index in [2.05, 4.69) is 9.98 Å². The summed E-state index contributed by atoms with van der Waals surface area (Å²) in [6.45, 7) is 0. The van der Waals surface area contributed by atoms with Crippen LogP contribution in [0.1, 0.15) is 21.5 Å². The third-order valence-electron chi connectivity index (χ3n) is 3.03. The molecule has 3 rings (SSSR count). The second kappa shape index (κ2) is 4.26. The minimum atomic E-state index is -4.41. The molecule has 1 aliphatic heterocycles. The molecule has 20 heavy (non-hydrogen) atoms. The van der Waals surface area contributed by atoms with Crippen molar-refractivity contribution in [3.05, 3.63) is 53.3 Å². The standard InChI is InChI=1S/C14H7F3N2O/c15-14(16,17)9-3-1-2-8(4-9)10-5-18-6-12-11(10)7-19-13(12)20/h1-7H. The van der Waals surface area contributed by atoms with E-state index >= 15 is 0 Å². The fraction of sp³-hybridized carbons (Fsp3) is 0.0714. The number of pyridine rings is 1. The summed E-state index contributed by atoms with van der Waals surface area (Å²) < 4.78 is 38.2. The van der Waals surface area contributed by atoms with Crippen molar-refractivity contribution in [3.8, 4) is 11.1 Å². The Kier molecular flexibility index (Phi) is 2.67. The zero-order valence-corrected chi connectivity index (χ0v) is 9.98. The zero-order valence-electron chi connectivity index (χ0n) is 9.98. The molecule has 0 saturated heterocycles. The van der Waals surface area contributed by atoms with Crippen molar-refractivity contribution in [2.75, 3.05) is 0 Å². The Labute approximate surface area is 111 Å². The van der Waals surface area contributed by atoms with Gasteiger partial charge in [0.25, 0.3) is 5.91 Å². The molecule has 0 aliphatic carbocycles. The topological polar surface area (TPSA) is 42.3 Å². The van der Waals surface area contributed by atoms with Crippen LogP contribution in [-0.2, 0) is 6.18 Å². The van der Waals surface area contributed by atoms with Crippen molar-refractivity contribution >= 4 is 12.1 Å². The molecule has 1 aromatic heterocycles. The van der Waals surface area contributed by atoms with Crippen molar-refractivity contribution in [1.29, 1.82) is 0 Å². The highest BCUT2D eigenvalue weighted by Crippen LogP contribution is 2.33. The molecular formula is C14H7F3N2O. The summed E-state index contributed by atoms with van der Waals surface area (Å²) in [5.74, 6) is -0.429. The predicted molar refractivity (Wildman–Crippen MR) is 66.6 cm³/mol. The van der Waals surface area contributed by atoms with E-state index in [1.807, 2.05) is 0 Å². The minimum absolute atomic E-state index is 0.305. The summed E-state index contributed by atoms with van der Waals surface area (Å²) in [5, 5.41) is 0. The highest BCUT2D eigenvalue weighted by Gasteiger charge is 2.31. The van der Waals surface area contributed by atoms with Gasteiger partial charge in [-0.15, -0.1) is 0 Å². The molecule has 0 radical (unpaired) electrons. The van der Waals surface area contributed by atoms with Crippen molar-refractivity contribution in [1.82, 2.24) is 4.98 Å². The average Bonchev–Trinajstić information content (AvgIpc) is 2.80. The van der Waals surface area contributed by atoms with Gasteiger partial charge in [0, 0.05) is 29.7 Å². The fourth-order valence-electron chi connectivity index (χ4n) is 2.07. The van der Waals surface area contributed by atoms with Crippen LogP contribution in [0.5, 0.6) is 0 Å². The number of rotatable bonds is 1. The van der Waals surface area contributed by atoms with Gasteiger partial charge in [0.05, 0.1) is 11.1 Å². The van der Waals surface area contributed by atoms with Gasteiger partial charge in [0.15, 0.2) is 0 Å². The first-order valence-corrected chi connectivity index (χ1v) is 5.71. The molecule has 1 amide bonds. The molecule has 2 heterocycles. The molecule has 1 aromatic carbocycles. The molecule has 0 spiro atoms. The van der Waals surface area contributed by atoms with Crippen molar-refractivity contribution < 1.29 is 18.0 Å². The van der Waals surface area contributed by atoms with E-state index in [1.165, 1.54) is 24.7 Å². The minimum Gasteiger partial charge on any atom is -0.267 e. The maximum Gasteiger partial charge on any atom is 0.416 e. The smallest absolute Gasteiger partial charge is 0.267 e. The number of carbonyl (C=O) groups excluding carboxylic acids is 1. The first-order chi connectivity index (χ1) is 9.47. The van der Waals surface area contributed by atoms with Gasteiger partial charge in [-0.2, -0.15) is 13.2 Å². The summed E-state index contributed by atoms with van der Waals surface area (Å²) in [7, 11) is 0. The number of aliphatic imine (C=N–C) groups is 1. The largest absolute Gasteiger partial charge is 0.416 e. The van der Waals surface area contributed by atoms with Gasteiger partial charge in [-0.1, -0.05) is 12.1 Å². The van der Waals surface area contributed by atoms with E-state index in [0.717, 1.165) is 12.1 Å². The van der Waals surface area contributed by atoms with Gasteiger partial charge in [-0.25, -0.2) is 4.99 Å². The molecule has 3 nitrogen and oxygen atoms in total. The molecule has 0 atom stereocenters. The van der Waals surface area contributed by atoms with Crippen LogP contribution >= 0.6 is 0 Å². The summed E-state index contributed by atoms with van der Waals surface area (Å²) in [6.07, 6.45) is -0.263. The molecule has 0 fully saturated rings. The maximum absolute atomic E-state index is 12.7. The Bertz CT molecular complexity index is 735. The lowest BCUT2D eigenvalue weighted by atomic mass is 9.98. The van der Waals surface area contributed by atoms with Gasteiger partial charge in [0.2, 0.25) is 0 Å². The SMILES string of the molecule is O=C1N=Cc2c1cncc2-c1cccc(C(F)(F)F)c1. The van der Waals surface area contributed by atoms with E-state index < -0.39 is 17.6 Å².